The van der Waals surface area contributed by atoms with Gasteiger partial charge in [-0.25, -0.2) is 14.8 Å². The van der Waals surface area contributed by atoms with Crippen molar-refractivity contribution in [1.82, 2.24) is 29.0 Å². The molecule has 0 spiro atoms. The Hall–Kier alpha value is -4.12. The van der Waals surface area contributed by atoms with E-state index in [9.17, 15) is 9.90 Å². The highest BCUT2D eigenvalue weighted by molar-refractivity contribution is 6.35. The lowest BCUT2D eigenvalue weighted by Crippen LogP contribution is -2.60. The maximum Gasteiger partial charge on any atom is 0.335 e. The largest absolute Gasteiger partial charge is 0.487 e. The fourth-order valence-corrected chi connectivity index (χ4v) is 5.69. The highest BCUT2D eigenvalue weighted by Gasteiger charge is 2.38. The van der Waals surface area contributed by atoms with Crippen LogP contribution in [0, 0.1) is 0 Å². The number of aromatic carboxylic acids is 1. The number of imidazole rings is 2. The summed E-state index contributed by atoms with van der Waals surface area (Å²) in [6.45, 7) is 7.06. The lowest BCUT2D eigenvalue weighted by molar-refractivity contribution is -0.0431. The Morgan fingerprint density at radius 1 is 1.12 bits per heavy atom. The molecule has 1 N–H and O–H groups in total. The fraction of sp³-hybridized carbons (Fsp3) is 0.290. The summed E-state index contributed by atoms with van der Waals surface area (Å²) in [5.41, 5.74) is 3.51. The number of hydrogen-bond acceptors (Lipinski definition) is 7. The van der Waals surface area contributed by atoms with Crippen molar-refractivity contribution in [2.45, 2.75) is 52.2 Å². The molecular weight excluding hydrogens is 591 g/mol. The molecule has 0 aliphatic carbocycles. The summed E-state index contributed by atoms with van der Waals surface area (Å²) in [4.78, 5) is 27.6. The van der Waals surface area contributed by atoms with Crippen LogP contribution < -0.4 is 9.47 Å². The minimum absolute atomic E-state index is 0.0140. The zero-order valence-electron chi connectivity index (χ0n) is 23.7. The number of hydrogen-bond donors (Lipinski definition) is 1. The van der Waals surface area contributed by atoms with Crippen molar-refractivity contribution in [3.8, 4) is 11.5 Å². The van der Waals surface area contributed by atoms with Gasteiger partial charge in [-0.1, -0.05) is 23.2 Å². The van der Waals surface area contributed by atoms with E-state index in [0.717, 1.165) is 29.1 Å². The first kappa shape index (κ1) is 29.0. The third-order valence-corrected chi connectivity index (χ3v) is 8.28. The molecule has 5 aromatic rings. The van der Waals surface area contributed by atoms with E-state index in [4.69, 9.17) is 37.7 Å². The molecule has 6 rings (SSSR count). The Morgan fingerprint density at radius 3 is 2.74 bits per heavy atom. The number of aryl methyl sites for hydroxylation is 1. The molecule has 12 heteroatoms. The Morgan fingerprint density at radius 2 is 1.98 bits per heavy atom. The molecule has 222 valence electrons. The molecule has 0 radical (unpaired) electrons. The number of rotatable bonds is 11. The Bertz CT molecular complexity index is 1790. The smallest absolute Gasteiger partial charge is 0.335 e. The lowest BCUT2D eigenvalue weighted by Gasteiger charge is -2.45. The summed E-state index contributed by atoms with van der Waals surface area (Å²) in [6.07, 6.45) is 5.33. The van der Waals surface area contributed by atoms with Crippen molar-refractivity contribution in [1.29, 1.82) is 0 Å². The van der Waals surface area contributed by atoms with Gasteiger partial charge in [0.1, 0.15) is 30.0 Å². The van der Waals surface area contributed by atoms with Gasteiger partial charge in [0, 0.05) is 42.6 Å². The molecule has 2 atom stereocenters. The molecule has 1 saturated heterocycles. The maximum atomic E-state index is 11.7. The number of pyridine rings is 1. The Labute approximate surface area is 258 Å². The maximum absolute atomic E-state index is 11.7. The lowest BCUT2D eigenvalue weighted by atomic mass is 10.0. The van der Waals surface area contributed by atoms with Crippen LogP contribution in [0.15, 0.2) is 67.3 Å². The number of carboxylic acid groups (broad SMARTS) is 1. The van der Waals surface area contributed by atoms with Crippen LogP contribution in [0.1, 0.15) is 41.4 Å². The van der Waals surface area contributed by atoms with E-state index in [2.05, 4.69) is 37.8 Å². The summed E-state index contributed by atoms with van der Waals surface area (Å²) >= 11 is 12.2. The topological polar surface area (TPSA) is 108 Å². The number of ether oxygens (including phenoxy) is 2. The van der Waals surface area contributed by atoms with Crippen LogP contribution in [0.3, 0.4) is 0 Å². The number of halogens is 2. The van der Waals surface area contributed by atoms with Crippen LogP contribution in [0.5, 0.6) is 11.5 Å². The highest BCUT2D eigenvalue weighted by atomic mass is 35.5. The normalized spacial score (nSPS) is 16.7. The van der Waals surface area contributed by atoms with Crippen LogP contribution in [0.2, 0.25) is 10.0 Å². The second-order valence-electron chi connectivity index (χ2n) is 10.5. The molecule has 2 aromatic carbocycles. The van der Waals surface area contributed by atoms with Crippen LogP contribution in [-0.4, -0.2) is 58.8 Å². The molecule has 1 aliphatic heterocycles. The number of benzene rings is 2. The second kappa shape index (κ2) is 12.2. The number of likely N-dealkylation sites (tertiary alicyclic amines) is 1. The molecule has 1 aliphatic rings. The summed E-state index contributed by atoms with van der Waals surface area (Å²) in [5, 5.41) is 10.6. The van der Waals surface area contributed by atoms with Gasteiger partial charge in [0.15, 0.2) is 0 Å². The zero-order chi connectivity index (χ0) is 30.1. The first-order valence-corrected chi connectivity index (χ1v) is 14.7. The minimum atomic E-state index is -0.967. The monoisotopic (exact) mass is 620 g/mol. The molecule has 3 aromatic heterocycles. The van der Waals surface area contributed by atoms with E-state index in [0.29, 0.717) is 46.9 Å². The molecule has 1 fully saturated rings. The Kier molecular flexibility index (Phi) is 8.25. The van der Waals surface area contributed by atoms with Crippen molar-refractivity contribution in [2.75, 3.05) is 6.54 Å². The summed E-state index contributed by atoms with van der Waals surface area (Å²) < 4.78 is 16.3. The first-order chi connectivity index (χ1) is 20.8. The number of carbonyl (C=O) groups is 1. The van der Waals surface area contributed by atoms with Crippen LogP contribution in [0.25, 0.3) is 11.0 Å². The molecule has 0 unspecified atom stereocenters. The van der Waals surface area contributed by atoms with E-state index < -0.39 is 5.97 Å². The average Bonchev–Trinajstić information content (AvgIpc) is 3.59. The molecule has 10 nitrogen and oxygen atoms in total. The molecule has 4 heterocycles. The van der Waals surface area contributed by atoms with E-state index in [1.54, 1.807) is 48.9 Å². The fourth-order valence-electron chi connectivity index (χ4n) is 5.23. The predicted molar refractivity (Wildman–Crippen MR) is 163 cm³/mol. The van der Waals surface area contributed by atoms with Crippen molar-refractivity contribution in [3.63, 3.8) is 0 Å². The van der Waals surface area contributed by atoms with Gasteiger partial charge < -0.3 is 23.7 Å². The zero-order valence-corrected chi connectivity index (χ0v) is 25.2. The molecular formula is C31H30Cl2N6O4. The van der Waals surface area contributed by atoms with Crippen LogP contribution in [-0.2, 0) is 26.2 Å². The minimum Gasteiger partial charge on any atom is -0.487 e. The highest BCUT2D eigenvalue weighted by Crippen LogP contribution is 2.30. The van der Waals surface area contributed by atoms with Gasteiger partial charge >= 0.3 is 5.97 Å². The van der Waals surface area contributed by atoms with Gasteiger partial charge in [-0.2, -0.15) is 0 Å². The van der Waals surface area contributed by atoms with Crippen molar-refractivity contribution >= 4 is 40.2 Å². The van der Waals surface area contributed by atoms with Crippen molar-refractivity contribution in [3.05, 3.63) is 100 Å². The quantitative estimate of drug-likeness (QED) is 0.193. The van der Waals surface area contributed by atoms with Gasteiger partial charge in [-0.15, -0.1) is 0 Å². The van der Waals surface area contributed by atoms with Gasteiger partial charge in [-0.05, 0) is 56.3 Å². The van der Waals surface area contributed by atoms with E-state index >= 15 is 0 Å². The van der Waals surface area contributed by atoms with Crippen LogP contribution >= 0.6 is 23.2 Å². The van der Waals surface area contributed by atoms with E-state index in [-0.39, 0.29) is 24.3 Å². The van der Waals surface area contributed by atoms with E-state index in [1.165, 1.54) is 0 Å². The second-order valence-corrected chi connectivity index (χ2v) is 11.3. The first-order valence-electron chi connectivity index (χ1n) is 13.9. The van der Waals surface area contributed by atoms with Crippen molar-refractivity contribution in [2.24, 2.45) is 0 Å². The van der Waals surface area contributed by atoms with Crippen molar-refractivity contribution < 1.29 is 19.4 Å². The van der Waals surface area contributed by atoms with Gasteiger partial charge in [0.05, 0.1) is 52.4 Å². The summed E-state index contributed by atoms with van der Waals surface area (Å²) in [5.74, 6) is 1.14. The SMILES string of the molecule is CCn1cncc1Cn1c(CN2C[C@H](Oc3ccnc(COc4ccc(Cl)cc4Cl)c3)[C@@H]2C)nc2ccc(C(=O)O)cc21. The standard InChI is InChI=1S/C31H30Cl2N6O4/c1-3-37-18-34-13-23(37)14-39-27-10-20(31(40)41)4-6-26(27)36-30(39)16-38-15-29(19(38)2)43-24-8-9-35-22(12-24)17-42-28-7-5-21(32)11-25(28)33/h4-13,18-19,29H,3,14-17H2,1-2H3,(H,40,41)/t19-,29-/m0/s1. The van der Waals surface area contributed by atoms with Gasteiger partial charge in [0.2, 0.25) is 0 Å². The Balaban J connectivity index is 1.14. The molecule has 0 bridgehead atoms. The van der Waals surface area contributed by atoms with Gasteiger partial charge in [0.25, 0.3) is 0 Å². The summed E-state index contributed by atoms with van der Waals surface area (Å²) in [7, 11) is 0. The van der Waals surface area contributed by atoms with Crippen LogP contribution in [0.4, 0.5) is 0 Å². The van der Waals surface area contributed by atoms with Gasteiger partial charge in [-0.3, -0.25) is 9.88 Å². The number of nitrogens with zero attached hydrogens (tertiary/aromatic N) is 6. The predicted octanol–water partition coefficient (Wildman–Crippen LogP) is 5.93. The third-order valence-electron chi connectivity index (χ3n) is 7.75. The average molecular weight is 622 g/mol. The molecule has 43 heavy (non-hydrogen) atoms. The number of carboxylic acids is 1. The molecule has 0 amide bonds. The third kappa shape index (κ3) is 6.17. The summed E-state index contributed by atoms with van der Waals surface area (Å²) in [6, 6.07) is 14.0. The number of fused-ring (bicyclic) bond motifs is 1. The molecule has 0 saturated carbocycles. The number of aromatic nitrogens is 5. The van der Waals surface area contributed by atoms with E-state index in [1.807, 2.05) is 18.3 Å².